The number of benzene rings is 1. The molecule has 2 aliphatic rings. The molecule has 29 heteroatoms. The number of halogens is 2. The maximum Gasteiger partial charge on any atom is 0.529 e. The lowest BCUT2D eigenvalue weighted by molar-refractivity contribution is -0.870. The second kappa shape index (κ2) is 33.0. The molecule has 0 bridgehead atoms. The molecule has 24 nitrogen and oxygen atoms in total. The zero-order valence-electron chi connectivity index (χ0n) is 52.5. The van der Waals surface area contributed by atoms with E-state index in [-0.39, 0.29) is 51.0 Å². The molecule has 4 unspecified atom stereocenters. The van der Waals surface area contributed by atoms with E-state index in [9.17, 15) is 42.4 Å². The number of hydrogen-bond donors (Lipinski definition) is 8. The highest BCUT2D eigenvalue weighted by Crippen LogP contribution is 2.48. The van der Waals surface area contributed by atoms with Gasteiger partial charge >= 0.3 is 12.9 Å². The molecule has 5 heterocycles. The summed E-state index contributed by atoms with van der Waals surface area (Å²) < 4.78 is 82.1. The van der Waals surface area contributed by atoms with Gasteiger partial charge < -0.3 is 72.5 Å². The fourth-order valence-electron chi connectivity index (χ4n) is 11.1. The molecule has 89 heavy (non-hydrogen) atoms. The van der Waals surface area contributed by atoms with E-state index < -0.39 is 82.3 Å². The van der Waals surface area contributed by atoms with Gasteiger partial charge in [-0.2, -0.15) is 8.42 Å². The Bertz CT molecular complexity index is 3130. The van der Waals surface area contributed by atoms with Gasteiger partial charge in [-0.15, -0.1) is 9.06 Å². The molecule has 0 radical (unpaired) electrons. The number of aromatic amines is 1. The topological polar surface area (TPSA) is 288 Å². The summed E-state index contributed by atoms with van der Waals surface area (Å²) in [7, 11) is 10.1. The standard InChI is InChI=1S/C60H91BF2N10O14S2/c1-43-22-29-49(65-43)54-40-46(17-14-36-73(6,7)8)53-41-52-45(18-16-38-89(81,82)83)39-47(69(52)61(62,63)70(53)54)26-23-44-24-27-48(28-25-44)84-37-15-20-55(74)66-51(42-88-87-86-80)60(79)67-50(19-11-13-35-72(3,4)5)59(78)64-32-34-68(2)33-12-9-10-21-58(77)85-71-56(75)30-31-57(71)76/h22-31,40-41,45,47,50-51,65H,9-21,32-39,42H2,1-8H3,(H6-,64,66,67,74,75,76,78,79,80,81,82,83)/p+1. The highest BCUT2D eigenvalue weighted by Gasteiger charge is 2.50. The minimum Gasteiger partial charge on any atom is -0.494 e. The van der Waals surface area contributed by atoms with Crippen LogP contribution in [0, 0.1) is 12.8 Å². The average molecular weight is 1290 g/mol. The van der Waals surface area contributed by atoms with Gasteiger partial charge in [-0.3, -0.25) is 18.9 Å². The molecule has 3 amide bonds. The molecule has 1 fully saturated rings. The third-order valence-corrected chi connectivity index (χ3v) is 17.0. The number of aromatic hydroxyl groups is 2. The number of nitrogens with zero attached hydrogens (tertiary/aromatic N) is 6. The molecule has 3 aromatic heterocycles. The maximum atomic E-state index is 17.6. The van der Waals surface area contributed by atoms with Gasteiger partial charge in [0.15, 0.2) is 0 Å². The van der Waals surface area contributed by atoms with E-state index in [1.807, 2.05) is 43.1 Å². The molecule has 4 atom stereocenters. The Morgan fingerprint density at radius 3 is 2.24 bits per heavy atom. The van der Waals surface area contributed by atoms with Gasteiger partial charge in [0.1, 0.15) is 17.8 Å². The minimum absolute atomic E-state index is 0.0431. The Labute approximate surface area is 525 Å². The molecule has 0 aliphatic carbocycles. The maximum absolute atomic E-state index is 17.6. The van der Waals surface area contributed by atoms with Crippen LogP contribution in [0.15, 0.2) is 66.4 Å². The number of ether oxygens (including phenoxy) is 1. The number of allylic oxidation sites excluding steroid dienone is 1. The van der Waals surface area contributed by atoms with Gasteiger partial charge in [0.05, 0.1) is 79.2 Å². The smallest absolute Gasteiger partial charge is 0.494 e. The third-order valence-electron chi connectivity index (χ3n) is 15.6. The summed E-state index contributed by atoms with van der Waals surface area (Å²) in [6.07, 6.45) is 11.4. The lowest BCUT2D eigenvalue weighted by Crippen LogP contribution is -2.56. The number of carbonyl (C=O) groups excluding carboxylic acids is 4. The summed E-state index contributed by atoms with van der Waals surface area (Å²) in [6, 6.07) is 12.1. The molecule has 4 aromatic rings. The number of quaternary nitrogens is 2. The van der Waals surface area contributed by atoms with E-state index in [2.05, 4.69) is 72.6 Å². The van der Waals surface area contributed by atoms with Crippen molar-refractivity contribution in [3.63, 3.8) is 0 Å². The predicted octanol–water partition coefficient (Wildman–Crippen LogP) is 6.63. The van der Waals surface area contributed by atoms with Crippen LogP contribution >= 0.6 is 12.0 Å². The number of likely N-dealkylation sites (N-methyl/N-ethyl adjacent to an activating group) is 1. The second-order valence-electron chi connectivity index (χ2n) is 25.2. The van der Waals surface area contributed by atoms with Crippen molar-refractivity contribution in [2.24, 2.45) is 5.92 Å². The summed E-state index contributed by atoms with van der Waals surface area (Å²) in [6.45, 7) is 0.699. The first-order chi connectivity index (χ1) is 42.0. The van der Waals surface area contributed by atoms with Gasteiger partial charge in [0, 0.05) is 79.7 Å². The van der Waals surface area contributed by atoms with Crippen LogP contribution in [0.5, 0.6) is 17.5 Å². The summed E-state index contributed by atoms with van der Waals surface area (Å²) in [5, 5.41) is 40.3. The van der Waals surface area contributed by atoms with Crippen molar-refractivity contribution in [3.05, 3.63) is 88.9 Å². The number of aromatic nitrogens is 3. The molecule has 2 aliphatic heterocycles. The Balaban J connectivity index is 1.02. The number of nitrogens with one attached hydrogen (secondary N) is 4. The molecular formula is C60H92BF2N10O14S2+. The molecule has 0 spiro atoms. The lowest BCUT2D eigenvalue weighted by atomic mass is 9.86. The normalized spacial score (nSPS) is 16.5. The highest BCUT2D eigenvalue weighted by atomic mass is 32.2. The van der Waals surface area contributed by atoms with Crippen LogP contribution in [0.25, 0.3) is 23.5 Å². The largest absolute Gasteiger partial charge is 0.529 e. The number of rotatable bonds is 39. The molecule has 8 N–H and O–H groups in total. The van der Waals surface area contributed by atoms with Gasteiger partial charge in [-0.25, -0.2) is 10.1 Å². The first kappa shape index (κ1) is 71.6. The number of amides is 3. The van der Waals surface area contributed by atoms with E-state index in [4.69, 9.17) is 14.8 Å². The Morgan fingerprint density at radius 1 is 0.865 bits per heavy atom. The van der Waals surface area contributed by atoms with Crippen LogP contribution in [0.3, 0.4) is 0 Å². The summed E-state index contributed by atoms with van der Waals surface area (Å²) in [5.41, 5.74) is 4.22. The Kier molecular flexibility index (Phi) is 26.6. The van der Waals surface area contributed by atoms with E-state index in [1.165, 1.54) is 21.4 Å². The number of unbranched alkanes of at least 4 members (excludes halogenated alkanes) is 3. The molecule has 6 rings (SSSR count). The molecule has 1 saturated heterocycles. The Hall–Kier alpha value is -6.44. The van der Waals surface area contributed by atoms with Crippen molar-refractivity contribution < 1.29 is 84.2 Å². The van der Waals surface area contributed by atoms with E-state index in [0.29, 0.717) is 107 Å². The molecule has 494 valence electrons. The van der Waals surface area contributed by atoms with Gasteiger partial charge in [-0.05, 0) is 144 Å². The quantitative estimate of drug-likeness (QED) is 0.00442. The fraction of sp³-hybridized carbons (Fsp3) is 0.567. The van der Waals surface area contributed by atoms with Crippen molar-refractivity contribution in [1.29, 1.82) is 0 Å². The van der Waals surface area contributed by atoms with Crippen LogP contribution in [0.1, 0.15) is 106 Å². The number of fused-ring (bicyclic) bond motifs is 2. The van der Waals surface area contributed by atoms with Crippen molar-refractivity contribution in [3.8, 4) is 28.9 Å². The third kappa shape index (κ3) is 22.8. The van der Waals surface area contributed by atoms with Crippen molar-refractivity contribution in [2.45, 2.75) is 115 Å². The second-order valence-corrected chi connectivity index (χ2v) is 27.5. The van der Waals surface area contributed by atoms with Crippen LogP contribution < -0.4 is 25.5 Å². The number of H-pyrrole nitrogens is 1. The van der Waals surface area contributed by atoms with Crippen LogP contribution in [0.2, 0.25) is 0 Å². The van der Waals surface area contributed by atoms with E-state index in [0.717, 1.165) is 48.1 Å². The van der Waals surface area contributed by atoms with Crippen molar-refractivity contribution >= 4 is 65.0 Å². The number of aryl methyl sites for hydroxylation is 2. The first-order valence-electron chi connectivity index (χ1n) is 30.4. The number of hydrogen-bond acceptors (Lipinski definition) is 16. The zero-order chi connectivity index (χ0) is 65.1. The van der Waals surface area contributed by atoms with Crippen LogP contribution in [-0.4, -0.2) is 210 Å². The highest BCUT2D eigenvalue weighted by molar-refractivity contribution is 7.94. The molecule has 0 saturated carbocycles. The van der Waals surface area contributed by atoms with Crippen LogP contribution in [0.4, 0.5) is 8.63 Å². The van der Waals surface area contributed by atoms with E-state index in [1.54, 1.807) is 36.4 Å². The molecular weight excluding hydrogens is 1200 g/mol. The van der Waals surface area contributed by atoms with Crippen LogP contribution in [-0.2, 0) is 45.1 Å². The zero-order valence-corrected chi connectivity index (χ0v) is 54.1. The van der Waals surface area contributed by atoms with Gasteiger partial charge in [0.25, 0.3) is 10.1 Å². The van der Waals surface area contributed by atoms with Gasteiger partial charge in [-0.1, -0.05) is 35.7 Å². The first-order valence-corrected chi connectivity index (χ1v) is 32.9. The average Bonchev–Trinajstić information content (AvgIpc) is 1.60. The molecule has 1 aromatic carbocycles. The lowest BCUT2D eigenvalue weighted by Gasteiger charge is -2.47. The summed E-state index contributed by atoms with van der Waals surface area (Å²) >= 11 is 0.574. The summed E-state index contributed by atoms with van der Waals surface area (Å²) in [5.74, 6) is -3.51. The minimum atomic E-state index is -4.42. The SMILES string of the molecule is Cc1ccc(-c2cc(CCC[N+](C)(C)C)c3n2[B-](F)(F)N2C(=C3)C(CCCS(=O)(=O)O)CC2C=Cc2ccc(OCCCC(=O)NC(CSOOO)C(=O)NC(CCCC[N+](C)(C)C)C(=O)NCCN(C)CCCCCC(=O)On3c(O)ccc3O)cc2)[nH]1. The monoisotopic (exact) mass is 1290 g/mol. The van der Waals surface area contributed by atoms with Gasteiger partial charge in [0.2, 0.25) is 29.5 Å². The summed E-state index contributed by atoms with van der Waals surface area (Å²) in [4.78, 5) is 64.5. The predicted molar refractivity (Wildman–Crippen MR) is 337 cm³/mol. The number of carbonyl (C=O) groups is 4. The van der Waals surface area contributed by atoms with Crippen molar-refractivity contribution in [1.82, 2.24) is 39.9 Å². The Morgan fingerprint density at radius 2 is 1.57 bits per heavy atom. The van der Waals surface area contributed by atoms with E-state index >= 15 is 8.63 Å². The van der Waals surface area contributed by atoms with Crippen molar-refractivity contribution in [2.75, 3.05) is 100 Å². The fourth-order valence-corrected chi connectivity index (χ4v) is 12.1.